The Balaban J connectivity index is 1.68. The third-order valence-corrected chi connectivity index (χ3v) is 5.98. The molecule has 0 radical (unpaired) electrons. The van der Waals surface area contributed by atoms with E-state index in [2.05, 4.69) is 21.6 Å². The second-order valence-corrected chi connectivity index (χ2v) is 9.00. The predicted molar refractivity (Wildman–Crippen MR) is 136 cm³/mol. The number of rotatable bonds is 10. The summed E-state index contributed by atoms with van der Waals surface area (Å²) in [6.45, 7) is 6.52. The number of nitrogens with one attached hydrogen (secondary N) is 1. The van der Waals surface area contributed by atoms with Gasteiger partial charge in [0.05, 0.1) is 12.1 Å². The highest BCUT2D eigenvalue weighted by Crippen LogP contribution is 2.37. The molecular formula is C25H25ClN4O4S. The Bertz CT molecular complexity index is 1260. The lowest BCUT2D eigenvalue weighted by Crippen LogP contribution is -2.13. The summed E-state index contributed by atoms with van der Waals surface area (Å²) < 4.78 is 17.0. The van der Waals surface area contributed by atoms with Crippen LogP contribution < -0.4 is 19.5 Å². The fraction of sp³-hybridized carbons (Fsp3) is 0.280. The molecule has 1 heterocycles. The highest BCUT2D eigenvalue weighted by atomic mass is 35.5. The molecular weight excluding hydrogens is 488 g/mol. The number of nitriles is 1. The molecule has 0 atom stereocenters. The molecule has 0 unspecified atom stereocenters. The molecule has 10 heteroatoms. The first kappa shape index (κ1) is 26.0. The topological polar surface area (TPSA) is 106 Å². The van der Waals surface area contributed by atoms with Crippen LogP contribution in [0.5, 0.6) is 17.2 Å². The molecule has 0 aliphatic carbocycles. The van der Waals surface area contributed by atoms with E-state index in [9.17, 15) is 10.1 Å². The number of aryl methyl sites for hydroxylation is 3. The van der Waals surface area contributed by atoms with Crippen LogP contribution in [-0.2, 0) is 11.2 Å². The standard InChI is InChI=1S/C25H25ClN4O4S/c1-5-22-29-30-25(35-22)28-24(31)18(14-27)11-17-12-20(26)23(21(13-17)32-4)34-7-6-33-19-9-15(2)8-16(3)10-19/h8-13H,5-7H2,1-4H3,(H,28,30,31)/b18-11-. The SMILES string of the molecule is CCc1nnc(NC(=O)/C(C#N)=C\c2cc(Cl)c(OCCOc3cc(C)cc(C)c3)c(OC)c2)s1. The van der Waals surface area contributed by atoms with Crippen molar-refractivity contribution in [3.63, 3.8) is 0 Å². The smallest absolute Gasteiger partial charge is 0.268 e. The van der Waals surface area contributed by atoms with Crippen LogP contribution in [0.15, 0.2) is 35.9 Å². The largest absolute Gasteiger partial charge is 0.493 e. The van der Waals surface area contributed by atoms with Gasteiger partial charge in [-0.2, -0.15) is 5.26 Å². The van der Waals surface area contributed by atoms with E-state index in [1.165, 1.54) is 24.5 Å². The van der Waals surface area contributed by atoms with Crippen molar-refractivity contribution in [1.29, 1.82) is 5.26 Å². The number of methoxy groups -OCH3 is 1. The van der Waals surface area contributed by atoms with Gasteiger partial charge in [-0.25, -0.2) is 0 Å². The Morgan fingerprint density at radius 2 is 1.86 bits per heavy atom. The first-order valence-electron chi connectivity index (χ1n) is 10.8. The van der Waals surface area contributed by atoms with E-state index in [1.807, 2.05) is 39.0 Å². The molecule has 3 rings (SSSR count). The fourth-order valence-corrected chi connectivity index (χ4v) is 4.16. The zero-order valence-electron chi connectivity index (χ0n) is 19.8. The first-order valence-corrected chi connectivity index (χ1v) is 12.0. The summed E-state index contributed by atoms with van der Waals surface area (Å²) in [6.07, 6.45) is 2.12. The summed E-state index contributed by atoms with van der Waals surface area (Å²) in [7, 11) is 1.48. The van der Waals surface area contributed by atoms with Gasteiger partial charge >= 0.3 is 0 Å². The Kier molecular flexibility index (Phi) is 9.06. The van der Waals surface area contributed by atoms with Crippen LogP contribution in [0, 0.1) is 25.2 Å². The maximum atomic E-state index is 12.5. The second kappa shape index (κ2) is 12.2. The maximum Gasteiger partial charge on any atom is 0.268 e. The van der Waals surface area contributed by atoms with Crippen molar-refractivity contribution in [3.05, 3.63) is 62.6 Å². The molecule has 1 N–H and O–H groups in total. The number of aromatic nitrogens is 2. The molecule has 0 aliphatic heterocycles. The lowest BCUT2D eigenvalue weighted by Gasteiger charge is -2.14. The second-order valence-electron chi connectivity index (χ2n) is 7.53. The summed E-state index contributed by atoms with van der Waals surface area (Å²) in [5.74, 6) is 0.889. The van der Waals surface area contributed by atoms with E-state index in [0.717, 1.165) is 21.9 Å². The number of anilines is 1. The van der Waals surface area contributed by atoms with Crippen LogP contribution in [0.4, 0.5) is 5.13 Å². The van der Waals surface area contributed by atoms with Gasteiger partial charge in [0.15, 0.2) is 11.5 Å². The molecule has 182 valence electrons. The van der Waals surface area contributed by atoms with Crippen LogP contribution in [0.3, 0.4) is 0 Å². The fourth-order valence-electron chi connectivity index (χ4n) is 3.21. The minimum absolute atomic E-state index is 0.119. The van der Waals surface area contributed by atoms with Crippen molar-refractivity contribution in [2.45, 2.75) is 27.2 Å². The summed E-state index contributed by atoms with van der Waals surface area (Å²) >= 11 is 7.69. The number of benzene rings is 2. The highest BCUT2D eigenvalue weighted by molar-refractivity contribution is 7.15. The molecule has 0 aliphatic rings. The third-order valence-electron chi connectivity index (χ3n) is 4.71. The van der Waals surface area contributed by atoms with Crippen LogP contribution in [0.25, 0.3) is 6.08 Å². The van der Waals surface area contributed by atoms with Crippen LogP contribution in [0.1, 0.15) is 28.6 Å². The number of hydrogen-bond donors (Lipinski definition) is 1. The number of nitrogens with zero attached hydrogens (tertiary/aromatic N) is 3. The molecule has 1 aromatic heterocycles. The number of carbonyl (C=O) groups excluding carboxylic acids is 1. The van der Waals surface area contributed by atoms with Crippen LogP contribution >= 0.6 is 22.9 Å². The average Bonchev–Trinajstić information content (AvgIpc) is 3.27. The number of halogens is 1. The molecule has 2 aromatic carbocycles. The molecule has 8 nitrogen and oxygen atoms in total. The monoisotopic (exact) mass is 512 g/mol. The molecule has 0 saturated carbocycles. The minimum Gasteiger partial charge on any atom is -0.493 e. The van der Waals surface area contributed by atoms with Gasteiger partial charge in [-0.05, 0) is 67.3 Å². The molecule has 0 spiro atoms. The number of hydrogen-bond acceptors (Lipinski definition) is 8. The van der Waals surface area contributed by atoms with E-state index in [4.69, 9.17) is 25.8 Å². The minimum atomic E-state index is -0.592. The van der Waals surface area contributed by atoms with Crippen molar-refractivity contribution in [2.75, 3.05) is 25.6 Å². The zero-order chi connectivity index (χ0) is 25.4. The van der Waals surface area contributed by atoms with Crippen molar-refractivity contribution in [3.8, 4) is 23.3 Å². The van der Waals surface area contributed by atoms with E-state index < -0.39 is 5.91 Å². The van der Waals surface area contributed by atoms with Gasteiger partial charge in [-0.15, -0.1) is 10.2 Å². The van der Waals surface area contributed by atoms with E-state index in [-0.39, 0.29) is 17.2 Å². The van der Waals surface area contributed by atoms with Gasteiger partial charge in [-0.1, -0.05) is 35.9 Å². The van der Waals surface area contributed by atoms with Gasteiger partial charge in [-0.3, -0.25) is 10.1 Å². The summed E-state index contributed by atoms with van der Waals surface area (Å²) in [6, 6.07) is 11.1. The Morgan fingerprint density at radius 1 is 1.14 bits per heavy atom. The van der Waals surface area contributed by atoms with Crippen molar-refractivity contribution < 1.29 is 19.0 Å². The molecule has 35 heavy (non-hydrogen) atoms. The van der Waals surface area contributed by atoms with E-state index in [1.54, 1.807) is 12.1 Å². The highest BCUT2D eigenvalue weighted by Gasteiger charge is 2.16. The molecule has 0 bridgehead atoms. The van der Waals surface area contributed by atoms with Crippen molar-refractivity contribution in [2.24, 2.45) is 0 Å². The Hall–Kier alpha value is -3.61. The van der Waals surface area contributed by atoms with E-state index >= 15 is 0 Å². The quantitative estimate of drug-likeness (QED) is 0.221. The lowest BCUT2D eigenvalue weighted by molar-refractivity contribution is -0.112. The number of carbonyl (C=O) groups is 1. The normalized spacial score (nSPS) is 11.0. The molecule has 1 amide bonds. The maximum absolute atomic E-state index is 12.5. The first-order chi connectivity index (χ1) is 16.8. The van der Waals surface area contributed by atoms with Gasteiger partial charge in [0.25, 0.3) is 5.91 Å². The summed E-state index contributed by atoms with van der Waals surface area (Å²) in [5, 5.41) is 21.3. The van der Waals surface area contributed by atoms with E-state index in [0.29, 0.717) is 35.2 Å². The van der Waals surface area contributed by atoms with Crippen molar-refractivity contribution in [1.82, 2.24) is 10.2 Å². The molecule has 3 aromatic rings. The summed E-state index contributed by atoms with van der Waals surface area (Å²) in [5.41, 5.74) is 2.62. The van der Waals surface area contributed by atoms with Crippen molar-refractivity contribution >= 4 is 40.1 Å². The summed E-state index contributed by atoms with van der Waals surface area (Å²) in [4.78, 5) is 12.5. The third kappa shape index (κ3) is 7.18. The van der Waals surface area contributed by atoms with Crippen LogP contribution in [-0.4, -0.2) is 36.4 Å². The van der Waals surface area contributed by atoms with Crippen LogP contribution in [0.2, 0.25) is 5.02 Å². The van der Waals surface area contributed by atoms with Gasteiger partial charge in [0.2, 0.25) is 5.13 Å². The molecule has 0 fully saturated rings. The lowest BCUT2D eigenvalue weighted by atomic mass is 10.1. The number of amides is 1. The predicted octanol–water partition coefficient (Wildman–Crippen LogP) is 5.38. The Morgan fingerprint density at radius 3 is 2.49 bits per heavy atom. The van der Waals surface area contributed by atoms with Gasteiger partial charge in [0.1, 0.15) is 35.6 Å². The Labute approximate surface area is 213 Å². The van der Waals surface area contributed by atoms with Gasteiger partial charge in [0, 0.05) is 0 Å². The number of ether oxygens (including phenoxy) is 3. The molecule has 0 saturated heterocycles. The average molecular weight is 513 g/mol. The van der Waals surface area contributed by atoms with Gasteiger partial charge < -0.3 is 14.2 Å². The zero-order valence-corrected chi connectivity index (χ0v) is 21.4.